The second-order valence-corrected chi connectivity index (χ2v) is 9.30. The first kappa shape index (κ1) is 22.8. The zero-order valence-corrected chi connectivity index (χ0v) is 19.0. The number of benzene rings is 2. The number of carboxylic acids is 1. The molecule has 4 rings (SSSR count). The molecule has 7 nitrogen and oxygen atoms in total. The van der Waals surface area contributed by atoms with Crippen molar-refractivity contribution in [3.8, 4) is 11.1 Å². The van der Waals surface area contributed by atoms with Gasteiger partial charge in [0.1, 0.15) is 12.1 Å². The minimum atomic E-state index is -1.33. The molecule has 0 spiro atoms. The molecule has 174 valence electrons. The van der Waals surface area contributed by atoms with Crippen molar-refractivity contribution in [3.05, 3.63) is 59.7 Å². The Morgan fingerprint density at radius 1 is 1.06 bits per heavy atom. The summed E-state index contributed by atoms with van der Waals surface area (Å²) in [5.74, 6) is -1.50. The first-order chi connectivity index (χ1) is 15.8. The summed E-state index contributed by atoms with van der Waals surface area (Å²) in [7, 11) is 0. The Bertz CT molecular complexity index is 1030. The average Bonchev–Trinajstić information content (AvgIpc) is 3.09. The van der Waals surface area contributed by atoms with Gasteiger partial charge in [0.2, 0.25) is 5.91 Å². The second kappa shape index (κ2) is 8.89. The highest BCUT2D eigenvalue weighted by atomic mass is 16.5. The molecule has 0 radical (unpaired) electrons. The highest BCUT2D eigenvalue weighted by Crippen LogP contribution is 2.44. The van der Waals surface area contributed by atoms with Crippen LogP contribution in [0.1, 0.15) is 63.0 Å². The van der Waals surface area contributed by atoms with E-state index in [4.69, 9.17) is 4.74 Å². The normalized spacial score (nSPS) is 17.6. The molecule has 2 aliphatic rings. The van der Waals surface area contributed by atoms with Gasteiger partial charge in [-0.3, -0.25) is 4.79 Å². The van der Waals surface area contributed by atoms with Crippen LogP contribution < -0.4 is 10.6 Å². The van der Waals surface area contributed by atoms with E-state index in [-0.39, 0.29) is 31.3 Å². The Morgan fingerprint density at radius 3 is 2.12 bits per heavy atom. The number of amides is 2. The highest BCUT2D eigenvalue weighted by Gasteiger charge is 2.43. The van der Waals surface area contributed by atoms with Crippen molar-refractivity contribution in [2.24, 2.45) is 0 Å². The lowest BCUT2D eigenvalue weighted by Gasteiger charge is -2.42. The molecule has 0 aromatic heterocycles. The largest absolute Gasteiger partial charge is 0.480 e. The van der Waals surface area contributed by atoms with Crippen LogP contribution >= 0.6 is 0 Å². The number of nitrogens with one attached hydrogen (secondary N) is 2. The van der Waals surface area contributed by atoms with Crippen LogP contribution in [0.2, 0.25) is 0 Å². The number of carboxylic acid groups (broad SMARTS) is 1. The lowest BCUT2D eigenvalue weighted by atomic mass is 9.74. The Hall–Kier alpha value is -3.35. The van der Waals surface area contributed by atoms with Crippen molar-refractivity contribution in [2.45, 2.75) is 62.9 Å². The van der Waals surface area contributed by atoms with Gasteiger partial charge < -0.3 is 20.5 Å². The zero-order valence-electron chi connectivity index (χ0n) is 19.0. The third-order valence-electron chi connectivity index (χ3n) is 7.11. The van der Waals surface area contributed by atoms with Gasteiger partial charge in [0.05, 0.1) is 5.54 Å². The Balaban J connectivity index is 1.38. The van der Waals surface area contributed by atoms with Crippen molar-refractivity contribution < 1.29 is 24.2 Å². The van der Waals surface area contributed by atoms with Gasteiger partial charge in [-0.2, -0.15) is 0 Å². The molecule has 1 saturated carbocycles. The summed E-state index contributed by atoms with van der Waals surface area (Å²) in [5.41, 5.74) is 2.57. The van der Waals surface area contributed by atoms with E-state index in [2.05, 4.69) is 34.9 Å². The predicted molar refractivity (Wildman–Crippen MR) is 124 cm³/mol. The van der Waals surface area contributed by atoms with Crippen LogP contribution in [0.25, 0.3) is 11.1 Å². The summed E-state index contributed by atoms with van der Waals surface area (Å²) in [4.78, 5) is 36.8. The van der Waals surface area contributed by atoms with Crippen LogP contribution in [0.5, 0.6) is 0 Å². The molecule has 2 aliphatic carbocycles. The van der Waals surface area contributed by atoms with Gasteiger partial charge in [0.25, 0.3) is 0 Å². The first-order valence-corrected chi connectivity index (χ1v) is 11.4. The molecule has 7 heteroatoms. The fraction of sp³-hybridized carbons (Fsp3) is 0.423. The van der Waals surface area contributed by atoms with Crippen LogP contribution in [0.3, 0.4) is 0 Å². The summed E-state index contributed by atoms with van der Waals surface area (Å²) in [6.45, 7) is 3.40. The van der Waals surface area contributed by atoms with Gasteiger partial charge >= 0.3 is 12.1 Å². The Kier molecular flexibility index (Phi) is 6.15. The molecule has 0 aliphatic heterocycles. The predicted octanol–water partition coefficient (Wildman–Crippen LogP) is 4.21. The van der Waals surface area contributed by atoms with E-state index < -0.39 is 23.1 Å². The monoisotopic (exact) mass is 450 g/mol. The number of alkyl carbamates (subject to hydrolysis) is 1. The Morgan fingerprint density at radius 2 is 1.64 bits per heavy atom. The number of carbonyl (C=O) groups excluding carboxylic acids is 2. The maximum Gasteiger partial charge on any atom is 0.407 e. The van der Waals surface area contributed by atoms with E-state index >= 15 is 0 Å². The van der Waals surface area contributed by atoms with Crippen LogP contribution in [-0.2, 0) is 14.3 Å². The molecule has 2 amide bonds. The average molecular weight is 451 g/mol. The van der Waals surface area contributed by atoms with E-state index in [0.717, 1.165) is 28.7 Å². The van der Waals surface area contributed by atoms with Crippen LogP contribution in [0.4, 0.5) is 4.79 Å². The third-order valence-corrected chi connectivity index (χ3v) is 7.11. The molecule has 2 aromatic rings. The molecule has 0 saturated heterocycles. The lowest BCUT2D eigenvalue weighted by Crippen LogP contribution is -2.59. The summed E-state index contributed by atoms with van der Waals surface area (Å²) in [6, 6.07) is 16.3. The van der Waals surface area contributed by atoms with Crippen molar-refractivity contribution in [1.82, 2.24) is 10.6 Å². The molecule has 33 heavy (non-hydrogen) atoms. The van der Waals surface area contributed by atoms with Gasteiger partial charge in [-0.1, -0.05) is 55.5 Å². The molecule has 3 N–H and O–H groups in total. The van der Waals surface area contributed by atoms with Crippen LogP contribution in [0, 0.1) is 0 Å². The van der Waals surface area contributed by atoms with Crippen LogP contribution in [0.15, 0.2) is 48.5 Å². The van der Waals surface area contributed by atoms with E-state index in [1.807, 2.05) is 24.3 Å². The molecule has 2 aromatic carbocycles. The van der Waals surface area contributed by atoms with Gasteiger partial charge in [-0.05, 0) is 54.9 Å². The maximum atomic E-state index is 12.7. The number of fused-ring (bicyclic) bond motifs is 3. The number of hydrogen-bond acceptors (Lipinski definition) is 4. The number of ether oxygens (including phenoxy) is 1. The summed E-state index contributed by atoms with van der Waals surface area (Å²) in [5, 5.41) is 14.9. The lowest BCUT2D eigenvalue weighted by molar-refractivity contribution is -0.147. The number of hydrogen-bond donors (Lipinski definition) is 3. The molecule has 1 unspecified atom stereocenters. The second-order valence-electron chi connectivity index (χ2n) is 9.30. The fourth-order valence-corrected chi connectivity index (χ4v) is 4.75. The smallest absolute Gasteiger partial charge is 0.407 e. The number of aliphatic carboxylic acids is 1. The quantitative estimate of drug-likeness (QED) is 0.559. The zero-order chi connectivity index (χ0) is 23.6. The SMILES string of the molecule is CCC(C)(NC(=O)CC1(NC(=O)OCC2c3ccccc3-c3ccccc32)CCC1)C(=O)O. The topological polar surface area (TPSA) is 105 Å². The minimum Gasteiger partial charge on any atom is -0.480 e. The van der Waals surface area contributed by atoms with Crippen molar-refractivity contribution in [2.75, 3.05) is 6.61 Å². The standard InChI is InChI=1S/C26H30N2O5/c1-3-25(2,23(30)31)27-22(29)15-26(13-8-14-26)28-24(32)33-16-21-19-11-6-4-9-17(19)18-10-5-7-12-20(18)21/h4-7,9-12,21H,3,8,13-16H2,1-2H3,(H,27,29)(H,28,32)(H,30,31). The molecular weight excluding hydrogens is 420 g/mol. The van der Waals surface area contributed by atoms with E-state index in [1.54, 1.807) is 6.92 Å². The molecule has 0 heterocycles. The van der Waals surface area contributed by atoms with Gasteiger partial charge in [0.15, 0.2) is 0 Å². The molecule has 0 bridgehead atoms. The molecule has 1 fully saturated rings. The number of rotatable bonds is 8. The minimum absolute atomic E-state index is 0.0278. The molecular formula is C26H30N2O5. The maximum absolute atomic E-state index is 12.7. The van der Waals surface area contributed by atoms with Crippen LogP contribution in [-0.4, -0.2) is 40.8 Å². The summed E-state index contributed by atoms with van der Waals surface area (Å²) >= 11 is 0. The first-order valence-electron chi connectivity index (χ1n) is 11.4. The third kappa shape index (κ3) is 4.45. The summed E-state index contributed by atoms with van der Waals surface area (Å²) in [6.07, 6.45) is 1.93. The number of carbonyl (C=O) groups is 3. The van der Waals surface area contributed by atoms with Gasteiger partial charge in [-0.15, -0.1) is 0 Å². The van der Waals surface area contributed by atoms with E-state index in [9.17, 15) is 19.5 Å². The van der Waals surface area contributed by atoms with Crippen molar-refractivity contribution in [3.63, 3.8) is 0 Å². The van der Waals surface area contributed by atoms with Gasteiger partial charge in [0, 0.05) is 12.3 Å². The Labute approximate surface area is 193 Å². The summed E-state index contributed by atoms with van der Waals surface area (Å²) < 4.78 is 5.64. The van der Waals surface area contributed by atoms with E-state index in [0.29, 0.717) is 12.8 Å². The van der Waals surface area contributed by atoms with Gasteiger partial charge in [-0.25, -0.2) is 9.59 Å². The van der Waals surface area contributed by atoms with Crippen molar-refractivity contribution >= 4 is 18.0 Å². The fourth-order valence-electron chi connectivity index (χ4n) is 4.75. The molecule has 1 atom stereocenters. The van der Waals surface area contributed by atoms with Crippen molar-refractivity contribution in [1.29, 1.82) is 0 Å². The van der Waals surface area contributed by atoms with E-state index in [1.165, 1.54) is 6.92 Å². The highest BCUT2D eigenvalue weighted by molar-refractivity contribution is 5.87.